The van der Waals surface area contributed by atoms with E-state index in [0.717, 1.165) is 19.3 Å². The molecule has 2 aromatic carbocycles. The number of ketones is 2. The Kier molecular flexibility index (Phi) is 9.27. The molecule has 0 bridgehead atoms. The number of esters is 1. The van der Waals surface area contributed by atoms with Gasteiger partial charge in [-0.05, 0) is 47.5 Å². The standard InChI is InChI=1S/C25H26O10/c1-31-18-10-14(11-19(32-2)23(18)28)6-8-16(26)22(25(30)35-5)17(27)9-7-15-12-20(33-3)24(29)21(13-15)34-4/h6-13,22,28-29H,1-5H3/b8-6+,9-7+. The minimum Gasteiger partial charge on any atom is -0.502 e. The molecule has 0 aliphatic rings. The Bertz CT molecular complexity index is 1030. The van der Waals surface area contributed by atoms with Crippen LogP contribution in [0.2, 0.25) is 0 Å². The smallest absolute Gasteiger partial charge is 0.324 e. The molecule has 2 N–H and O–H groups in total. The maximum Gasteiger partial charge on any atom is 0.324 e. The first-order chi connectivity index (χ1) is 16.7. The third-order valence-electron chi connectivity index (χ3n) is 4.89. The van der Waals surface area contributed by atoms with Crippen molar-refractivity contribution >= 4 is 29.7 Å². The molecule has 0 saturated heterocycles. The van der Waals surface area contributed by atoms with E-state index in [-0.39, 0.29) is 34.5 Å². The molecule has 186 valence electrons. The maximum atomic E-state index is 12.8. The van der Waals surface area contributed by atoms with E-state index in [4.69, 9.17) is 18.9 Å². The third kappa shape index (κ3) is 6.32. The summed E-state index contributed by atoms with van der Waals surface area (Å²) in [6.07, 6.45) is 4.78. The second-order valence-corrected chi connectivity index (χ2v) is 6.98. The van der Waals surface area contributed by atoms with E-state index < -0.39 is 23.5 Å². The lowest BCUT2D eigenvalue weighted by Gasteiger charge is -2.11. The van der Waals surface area contributed by atoms with Crippen molar-refractivity contribution < 1.29 is 48.3 Å². The summed E-state index contributed by atoms with van der Waals surface area (Å²) in [7, 11) is 6.47. The molecule has 0 fully saturated rings. The van der Waals surface area contributed by atoms with Crippen molar-refractivity contribution in [1.82, 2.24) is 0 Å². The van der Waals surface area contributed by atoms with Gasteiger partial charge in [0.1, 0.15) is 0 Å². The van der Waals surface area contributed by atoms with Gasteiger partial charge in [-0.25, -0.2) is 0 Å². The Labute approximate surface area is 201 Å². The van der Waals surface area contributed by atoms with E-state index in [1.54, 1.807) is 0 Å². The van der Waals surface area contributed by atoms with E-state index in [0.29, 0.717) is 11.1 Å². The largest absolute Gasteiger partial charge is 0.502 e. The van der Waals surface area contributed by atoms with E-state index in [2.05, 4.69) is 4.74 Å². The Morgan fingerprint density at radius 3 is 1.23 bits per heavy atom. The zero-order valence-corrected chi connectivity index (χ0v) is 19.9. The molecule has 2 rings (SSSR count). The quantitative estimate of drug-likeness (QED) is 0.277. The molecular formula is C25H26O10. The summed E-state index contributed by atoms with van der Waals surface area (Å²) < 4.78 is 24.9. The Morgan fingerprint density at radius 1 is 0.657 bits per heavy atom. The van der Waals surface area contributed by atoms with Crippen LogP contribution in [0.3, 0.4) is 0 Å². The average molecular weight is 486 g/mol. The number of rotatable bonds is 11. The molecule has 35 heavy (non-hydrogen) atoms. The highest BCUT2D eigenvalue weighted by atomic mass is 16.5. The van der Waals surface area contributed by atoms with Crippen LogP contribution in [0.4, 0.5) is 0 Å². The molecule has 0 saturated carbocycles. The number of hydrogen-bond donors (Lipinski definition) is 2. The fraction of sp³-hybridized carbons (Fsp3) is 0.240. The van der Waals surface area contributed by atoms with Crippen LogP contribution in [0.1, 0.15) is 11.1 Å². The van der Waals surface area contributed by atoms with Crippen LogP contribution in [0.5, 0.6) is 34.5 Å². The van der Waals surface area contributed by atoms with Crippen molar-refractivity contribution in [2.75, 3.05) is 35.5 Å². The number of phenols is 2. The van der Waals surface area contributed by atoms with E-state index in [1.165, 1.54) is 64.9 Å². The van der Waals surface area contributed by atoms with Gasteiger partial charge in [0.2, 0.25) is 11.5 Å². The van der Waals surface area contributed by atoms with Crippen LogP contribution < -0.4 is 18.9 Å². The first kappa shape index (κ1) is 26.8. The summed E-state index contributed by atoms with van der Waals surface area (Å²) >= 11 is 0. The number of phenolic OH excluding ortho intramolecular Hbond substituents is 2. The molecule has 0 aliphatic carbocycles. The van der Waals surface area contributed by atoms with Gasteiger partial charge in [-0.15, -0.1) is 0 Å². The van der Waals surface area contributed by atoms with Crippen LogP contribution >= 0.6 is 0 Å². The van der Waals surface area contributed by atoms with Crippen LogP contribution in [0, 0.1) is 5.92 Å². The molecule has 0 heterocycles. The van der Waals surface area contributed by atoms with E-state index in [9.17, 15) is 24.6 Å². The van der Waals surface area contributed by atoms with Crippen molar-refractivity contribution in [2.24, 2.45) is 5.92 Å². The van der Waals surface area contributed by atoms with Gasteiger partial charge in [0, 0.05) is 0 Å². The topological polar surface area (TPSA) is 138 Å². The summed E-state index contributed by atoms with van der Waals surface area (Å²) in [6, 6.07) is 5.79. The Balaban J connectivity index is 2.33. The van der Waals surface area contributed by atoms with Crippen molar-refractivity contribution in [1.29, 1.82) is 0 Å². The van der Waals surface area contributed by atoms with Crippen molar-refractivity contribution in [3.05, 3.63) is 47.5 Å². The fourth-order valence-corrected chi connectivity index (χ4v) is 3.06. The third-order valence-corrected chi connectivity index (χ3v) is 4.89. The molecule has 0 amide bonds. The van der Waals surface area contributed by atoms with Crippen LogP contribution in [0.25, 0.3) is 12.2 Å². The number of benzene rings is 2. The molecule has 0 spiro atoms. The lowest BCUT2D eigenvalue weighted by Crippen LogP contribution is -2.30. The SMILES string of the molecule is COC(=O)C(C(=O)/C=C/c1cc(OC)c(O)c(OC)c1)C(=O)/C=C/c1cc(OC)c(O)c(OC)c1. The Morgan fingerprint density at radius 2 is 0.971 bits per heavy atom. The molecule has 0 atom stereocenters. The fourth-order valence-electron chi connectivity index (χ4n) is 3.06. The van der Waals surface area contributed by atoms with Gasteiger partial charge in [-0.1, -0.05) is 12.2 Å². The van der Waals surface area contributed by atoms with E-state index >= 15 is 0 Å². The predicted octanol–water partition coefficient (Wildman–Crippen LogP) is 2.79. The lowest BCUT2D eigenvalue weighted by atomic mass is 9.97. The average Bonchev–Trinajstić information content (AvgIpc) is 2.87. The number of methoxy groups -OCH3 is 5. The number of allylic oxidation sites excluding steroid dienone is 2. The monoisotopic (exact) mass is 486 g/mol. The number of carbonyl (C=O) groups excluding carboxylic acids is 3. The number of aromatic hydroxyl groups is 2. The van der Waals surface area contributed by atoms with Gasteiger partial charge >= 0.3 is 5.97 Å². The Hall–Kier alpha value is -4.47. The summed E-state index contributed by atoms with van der Waals surface area (Å²) in [5.41, 5.74) is 0.833. The molecule has 0 aromatic heterocycles. The number of ether oxygens (including phenoxy) is 5. The zero-order valence-electron chi connectivity index (χ0n) is 19.9. The summed E-state index contributed by atoms with van der Waals surface area (Å²) in [5.74, 6) is -4.40. The van der Waals surface area contributed by atoms with Gasteiger partial charge in [0.05, 0.1) is 35.5 Å². The second-order valence-electron chi connectivity index (χ2n) is 6.98. The highest BCUT2D eigenvalue weighted by Crippen LogP contribution is 2.38. The van der Waals surface area contributed by atoms with Gasteiger partial charge in [-0.3, -0.25) is 14.4 Å². The van der Waals surface area contributed by atoms with Crippen LogP contribution in [0.15, 0.2) is 36.4 Å². The summed E-state index contributed by atoms with van der Waals surface area (Å²) in [5, 5.41) is 20.0. The number of carbonyl (C=O) groups is 3. The van der Waals surface area contributed by atoms with Gasteiger partial charge in [-0.2, -0.15) is 0 Å². The number of hydrogen-bond acceptors (Lipinski definition) is 10. The summed E-state index contributed by atoms with van der Waals surface area (Å²) in [6.45, 7) is 0. The summed E-state index contributed by atoms with van der Waals surface area (Å²) in [4.78, 5) is 37.8. The first-order valence-electron chi connectivity index (χ1n) is 10.1. The van der Waals surface area contributed by atoms with Crippen molar-refractivity contribution in [2.45, 2.75) is 0 Å². The molecule has 0 unspecified atom stereocenters. The van der Waals surface area contributed by atoms with Crippen molar-refractivity contribution in [3.8, 4) is 34.5 Å². The van der Waals surface area contributed by atoms with Gasteiger partial charge < -0.3 is 33.9 Å². The molecule has 10 heteroatoms. The normalized spacial score (nSPS) is 11.0. The lowest BCUT2D eigenvalue weighted by molar-refractivity contribution is -0.150. The van der Waals surface area contributed by atoms with Gasteiger partial charge in [0.25, 0.3) is 0 Å². The highest BCUT2D eigenvalue weighted by molar-refractivity contribution is 6.24. The highest BCUT2D eigenvalue weighted by Gasteiger charge is 2.31. The predicted molar refractivity (Wildman–Crippen MR) is 126 cm³/mol. The molecular weight excluding hydrogens is 460 g/mol. The first-order valence-corrected chi connectivity index (χ1v) is 10.1. The van der Waals surface area contributed by atoms with Gasteiger partial charge in [0.15, 0.2) is 40.5 Å². The van der Waals surface area contributed by atoms with E-state index in [1.807, 2.05) is 0 Å². The minimum atomic E-state index is -1.74. The second kappa shape index (κ2) is 12.1. The van der Waals surface area contributed by atoms with Crippen LogP contribution in [-0.4, -0.2) is 63.3 Å². The molecule has 0 aliphatic heterocycles. The maximum absolute atomic E-state index is 12.8. The molecule has 10 nitrogen and oxygen atoms in total. The van der Waals surface area contributed by atoms with Crippen molar-refractivity contribution in [3.63, 3.8) is 0 Å². The minimum absolute atomic E-state index is 0.111. The molecule has 2 aromatic rings. The zero-order chi connectivity index (χ0) is 26.1. The molecule has 0 radical (unpaired) electrons. The van der Waals surface area contributed by atoms with Crippen LogP contribution in [-0.2, 0) is 19.1 Å².